The lowest BCUT2D eigenvalue weighted by molar-refractivity contribution is -0.116. The molecule has 0 saturated heterocycles. The number of allylic oxidation sites excluding steroid dienone is 3. The highest BCUT2D eigenvalue weighted by Gasteiger charge is 2.38. The number of aromatic nitrogens is 1. The minimum absolute atomic E-state index is 0.115. The summed E-state index contributed by atoms with van der Waals surface area (Å²) >= 11 is 0. The SMILES string of the molecule is CC1=C(C(=O)Nc2cccnc2)C(c2ccc(N(C)C)cc2)C2=C(CCCC2=O)N1. The van der Waals surface area contributed by atoms with Gasteiger partial charge in [0.2, 0.25) is 0 Å². The number of benzene rings is 1. The van der Waals surface area contributed by atoms with Crippen LogP contribution in [0.1, 0.15) is 37.7 Å². The molecule has 2 aliphatic rings. The Morgan fingerprint density at radius 2 is 1.93 bits per heavy atom. The van der Waals surface area contributed by atoms with Crippen molar-refractivity contribution >= 4 is 23.1 Å². The van der Waals surface area contributed by atoms with Crippen LogP contribution in [0.3, 0.4) is 0 Å². The van der Waals surface area contributed by atoms with E-state index in [1.54, 1.807) is 24.5 Å². The van der Waals surface area contributed by atoms with E-state index in [4.69, 9.17) is 0 Å². The van der Waals surface area contributed by atoms with Crippen LogP contribution < -0.4 is 15.5 Å². The van der Waals surface area contributed by atoms with E-state index in [1.807, 2.05) is 50.2 Å². The van der Waals surface area contributed by atoms with Crippen LogP contribution in [0.2, 0.25) is 0 Å². The summed E-state index contributed by atoms with van der Waals surface area (Å²) in [7, 11) is 3.98. The van der Waals surface area contributed by atoms with E-state index in [-0.39, 0.29) is 17.6 Å². The Morgan fingerprint density at radius 3 is 2.60 bits per heavy atom. The maximum absolute atomic E-state index is 13.3. The van der Waals surface area contributed by atoms with Gasteiger partial charge in [0.25, 0.3) is 5.91 Å². The summed E-state index contributed by atoms with van der Waals surface area (Å²) in [5.41, 5.74) is 5.67. The Bertz CT molecular complexity index is 1040. The summed E-state index contributed by atoms with van der Waals surface area (Å²) in [6.07, 6.45) is 5.45. The molecule has 1 atom stereocenters. The molecule has 2 N–H and O–H groups in total. The molecule has 1 aliphatic carbocycles. The zero-order chi connectivity index (χ0) is 21.3. The van der Waals surface area contributed by atoms with Gasteiger partial charge in [-0.05, 0) is 49.6 Å². The second kappa shape index (κ2) is 8.14. The van der Waals surface area contributed by atoms with Gasteiger partial charge in [-0.3, -0.25) is 14.6 Å². The molecule has 1 amide bonds. The fraction of sp³-hybridized carbons (Fsp3) is 0.292. The highest BCUT2D eigenvalue weighted by molar-refractivity contribution is 6.09. The fourth-order valence-electron chi connectivity index (χ4n) is 4.22. The number of carbonyl (C=O) groups is 2. The third-order valence-corrected chi connectivity index (χ3v) is 5.68. The molecule has 0 spiro atoms. The summed E-state index contributed by atoms with van der Waals surface area (Å²) in [5, 5.41) is 6.29. The molecule has 6 nitrogen and oxygen atoms in total. The number of anilines is 2. The Balaban J connectivity index is 1.78. The summed E-state index contributed by atoms with van der Waals surface area (Å²) in [5.74, 6) is -0.494. The number of rotatable bonds is 4. The van der Waals surface area contributed by atoms with E-state index in [1.165, 1.54) is 0 Å². The van der Waals surface area contributed by atoms with Crippen LogP contribution in [-0.2, 0) is 9.59 Å². The maximum Gasteiger partial charge on any atom is 0.254 e. The van der Waals surface area contributed by atoms with Crippen LogP contribution in [0.5, 0.6) is 0 Å². The average Bonchev–Trinajstić information content (AvgIpc) is 2.73. The lowest BCUT2D eigenvalue weighted by Crippen LogP contribution is -2.35. The predicted molar refractivity (Wildman–Crippen MR) is 118 cm³/mol. The van der Waals surface area contributed by atoms with Crippen LogP contribution in [0.15, 0.2) is 71.3 Å². The van der Waals surface area contributed by atoms with Gasteiger partial charge in [-0.15, -0.1) is 0 Å². The largest absolute Gasteiger partial charge is 0.378 e. The number of dihydropyridines is 1. The molecular formula is C24H26N4O2. The third-order valence-electron chi connectivity index (χ3n) is 5.68. The van der Waals surface area contributed by atoms with Gasteiger partial charge in [-0.2, -0.15) is 0 Å². The number of amides is 1. The normalized spacial score (nSPS) is 18.6. The molecule has 2 heterocycles. The number of ketones is 1. The molecule has 1 aromatic carbocycles. The number of Topliss-reactive ketones (excluding diaryl/α,β-unsaturated/α-hetero) is 1. The van der Waals surface area contributed by atoms with Crippen LogP contribution in [0, 0.1) is 0 Å². The van der Waals surface area contributed by atoms with Crippen molar-refractivity contribution in [3.63, 3.8) is 0 Å². The molecule has 1 unspecified atom stereocenters. The van der Waals surface area contributed by atoms with Crippen molar-refractivity contribution in [2.24, 2.45) is 0 Å². The van der Waals surface area contributed by atoms with Gasteiger partial charge in [-0.25, -0.2) is 0 Å². The smallest absolute Gasteiger partial charge is 0.254 e. The summed E-state index contributed by atoms with van der Waals surface area (Å²) in [4.78, 5) is 32.4. The Kier molecular flexibility index (Phi) is 5.40. The van der Waals surface area contributed by atoms with Crippen molar-refractivity contribution in [1.82, 2.24) is 10.3 Å². The predicted octanol–water partition coefficient (Wildman–Crippen LogP) is 3.75. The molecule has 154 valence electrons. The minimum atomic E-state index is -0.387. The quantitative estimate of drug-likeness (QED) is 0.815. The van der Waals surface area contributed by atoms with Crippen molar-refractivity contribution in [3.05, 3.63) is 76.9 Å². The van der Waals surface area contributed by atoms with Crippen molar-refractivity contribution in [2.45, 2.75) is 32.1 Å². The Morgan fingerprint density at radius 1 is 1.17 bits per heavy atom. The van der Waals surface area contributed by atoms with Crippen molar-refractivity contribution in [3.8, 4) is 0 Å². The van der Waals surface area contributed by atoms with Crippen molar-refractivity contribution < 1.29 is 9.59 Å². The maximum atomic E-state index is 13.3. The van der Waals surface area contributed by atoms with Crippen LogP contribution in [-0.4, -0.2) is 30.8 Å². The summed E-state index contributed by atoms with van der Waals surface area (Å²) < 4.78 is 0. The van der Waals surface area contributed by atoms with Gasteiger partial charge in [0.1, 0.15) is 0 Å². The van der Waals surface area contributed by atoms with E-state index in [0.717, 1.165) is 41.1 Å². The van der Waals surface area contributed by atoms with Crippen LogP contribution in [0.25, 0.3) is 0 Å². The number of hydrogen-bond acceptors (Lipinski definition) is 5. The molecule has 1 aliphatic heterocycles. The van der Waals surface area contributed by atoms with Crippen LogP contribution >= 0.6 is 0 Å². The van der Waals surface area contributed by atoms with E-state index in [2.05, 4.69) is 15.6 Å². The Hall–Kier alpha value is -3.41. The van der Waals surface area contributed by atoms with Gasteiger partial charge in [-0.1, -0.05) is 12.1 Å². The standard InChI is InChI=1S/C24H26N4O2/c1-15-21(24(30)27-17-6-5-13-25-14-17)22(16-9-11-18(12-10-16)28(2)3)23-19(26-15)7-4-8-20(23)29/h5-6,9-14,22,26H,4,7-8H2,1-3H3,(H,27,30). The van der Waals surface area contributed by atoms with E-state index >= 15 is 0 Å². The fourth-order valence-corrected chi connectivity index (χ4v) is 4.22. The molecule has 2 aromatic rings. The van der Waals surface area contributed by atoms with E-state index < -0.39 is 0 Å². The molecule has 0 fully saturated rings. The average molecular weight is 402 g/mol. The lowest BCUT2D eigenvalue weighted by Gasteiger charge is -2.34. The molecule has 6 heteroatoms. The number of nitrogens with one attached hydrogen (secondary N) is 2. The second-order valence-electron chi connectivity index (χ2n) is 7.95. The van der Waals surface area contributed by atoms with Gasteiger partial charge < -0.3 is 15.5 Å². The summed E-state index contributed by atoms with van der Waals surface area (Å²) in [6.45, 7) is 1.90. The number of nitrogens with zero attached hydrogens (tertiary/aromatic N) is 2. The first-order valence-corrected chi connectivity index (χ1v) is 10.2. The molecule has 1 aromatic heterocycles. The molecule has 4 rings (SSSR count). The molecular weight excluding hydrogens is 376 g/mol. The van der Waals surface area contributed by atoms with Gasteiger partial charge in [0.05, 0.1) is 11.9 Å². The van der Waals surface area contributed by atoms with E-state index in [9.17, 15) is 9.59 Å². The molecule has 0 radical (unpaired) electrons. The van der Waals surface area contributed by atoms with Gasteiger partial charge >= 0.3 is 0 Å². The number of pyridine rings is 1. The van der Waals surface area contributed by atoms with Crippen LogP contribution in [0.4, 0.5) is 11.4 Å². The van der Waals surface area contributed by atoms with Gasteiger partial charge in [0.15, 0.2) is 5.78 Å². The first-order chi connectivity index (χ1) is 14.5. The Labute approximate surface area is 176 Å². The first-order valence-electron chi connectivity index (χ1n) is 10.2. The third kappa shape index (κ3) is 3.73. The topological polar surface area (TPSA) is 74.3 Å². The number of hydrogen-bond donors (Lipinski definition) is 2. The zero-order valence-corrected chi connectivity index (χ0v) is 17.5. The van der Waals surface area contributed by atoms with Gasteiger partial charge in [0, 0.05) is 60.9 Å². The molecule has 0 bridgehead atoms. The van der Waals surface area contributed by atoms with Crippen molar-refractivity contribution in [2.75, 3.05) is 24.3 Å². The second-order valence-corrected chi connectivity index (χ2v) is 7.95. The minimum Gasteiger partial charge on any atom is -0.378 e. The monoisotopic (exact) mass is 402 g/mol. The number of carbonyl (C=O) groups excluding carboxylic acids is 2. The molecule has 30 heavy (non-hydrogen) atoms. The zero-order valence-electron chi connectivity index (χ0n) is 17.5. The highest BCUT2D eigenvalue weighted by Crippen LogP contribution is 2.42. The molecule has 0 saturated carbocycles. The first kappa shape index (κ1) is 19.9. The van der Waals surface area contributed by atoms with Crippen molar-refractivity contribution in [1.29, 1.82) is 0 Å². The van der Waals surface area contributed by atoms with E-state index in [0.29, 0.717) is 17.7 Å². The summed E-state index contributed by atoms with van der Waals surface area (Å²) in [6, 6.07) is 11.7. The highest BCUT2D eigenvalue weighted by atomic mass is 16.2. The lowest BCUT2D eigenvalue weighted by atomic mass is 9.75.